The predicted molar refractivity (Wildman–Crippen MR) is 121 cm³/mol. The number of hydrogen-bond donors (Lipinski definition) is 3. The topological polar surface area (TPSA) is 96.6 Å². The average molecular weight is 543 g/mol. The van der Waals surface area contributed by atoms with Crippen LogP contribution in [0.4, 0.5) is 0 Å². The fourth-order valence-corrected chi connectivity index (χ4v) is 3.13. The largest absolute Gasteiger partial charge is 0.357 e. The number of benzene rings is 2. The van der Waals surface area contributed by atoms with Crippen molar-refractivity contribution in [1.29, 1.82) is 0 Å². The van der Waals surface area contributed by atoms with Crippen LogP contribution >= 0.6 is 47.2 Å². The normalized spacial score (nSPS) is 11.6. The fraction of sp³-hybridized carbons (Fsp3) is 0.235. The lowest BCUT2D eigenvalue weighted by Gasteiger charge is -2.12. The highest BCUT2D eigenvalue weighted by molar-refractivity contribution is 14.0. The molecule has 0 aromatic heterocycles. The van der Waals surface area contributed by atoms with Gasteiger partial charge in [-0.05, 0) is 42.3 Å². The van der Waals surface area contributed by atoms with Crippen molar-refractivity contribution in [1.82, 2.24) is 10.6 Å². The maximum absolute atomic E-state index is 11.3. The third kappa shape index (κ3) is 7.82. The van der Waals surface area contributed by atoms with E-state index >= 15 is 0 Å². The number of nitrogens with two attached hydrogens (primary N) is 1. The molecule has 0 aliphatic carbocycles. The maximum Gasteiger partial charge on any atom is 0.238 e. The maximum atomic E-state index is 11.3. The molecule has 0 saturated heterocycles. The van der Waals surface area contributed by atoms with Crippen LogP contribution in [0.3, 0.4) is 0 Å². The lowest BCUT2D eigenvalue weighted by molar-refractivity contribution is 0.598. The lowest BCUT2D eigenvalue weighted by atomic mass is 10.2. The molecule has 2 rings (SSSR count). The van der Waals surface area contributed by atoms with E-state index in [0.29, 0.717) is 35.6 Å². The molecule has 0 heterocycles. The molecule has 0 saturated carbocycles. The molecule has 2 aromatic carbocycles. The molecule has 0 atom stereocenters. The summed E-state index contributed by atoms with van der Waals surface area (Å²) >= 11 is 12.1. The van der Waals surface area contributed by atoms with Gasteiger partial charge in [0, 0.05) is 23.1 Å². The highest BCUT2D eigenvalue weighted by Crippen LogP contribution is 2.20. The zero-order valence-corrected chi connectivity index (χ0v) is 19.2. The average Bonchev–Trinajstić information content (AvgIpc) is 2.58. The molecular weight excluding hydrogens is 522 g/mol. The number of nitrogens with one attached hydrogen (secondary N) is 2. The Morgan fingerprint density at radius 3 is 2.33 bits per heavy atom. The van der Waals surface area contributed by atoms with E-state index in [-0.39, 0.29) is 28.9 Å². The van der Waals surface area contributed by atoms with Gasteiger partial charge in [0.05, 0.1) is 11.4 Å². The summed E-state index contributed by atoms with van der Waals surface area (Å²) < 4.78 is 22.6. The molecule has 0 bridgehead atoms. The first-order valence-electron chi connectivity index (χ1n) is 7.87. The number of sulfonamides is 1. The van der Waals surface area contributed by atoms with Crippen LogP contribution in [0.25, 0.3) is 0 Å². The van der Waals surface area contributed by atoms with Gasteiger partial charge in [0.15, 0.2) is 5.96 Å². The Balaban J connectivity index is 0.00000364. The van der Waals surface area contributed by atoms with E-state index in [4.69, 9.17) is 28.3 Å². The van der Waals surface area contributed by atoms with Gasteiger partial charge >= 0.3 is 0 Å². The van der Waals surface area contributed by atoms with Gasteiger partial charge in [0.1, 0.15) is 0 Å². The zero-order valence-electron chi connectivity index (χ0n) is 14.6. The second-order valence-corrected chi connectivity index (χ2v) is 7.88. The Hall–Kier alpha value is -1.07. The van der Waals surface area contributed by atoms with Crippen molar-refractivity contribution in [3.63, 3.8) is 0 Å². The Morgan fingerprint density at radius 1 is 1.11 bits per heavy atom. The van der Waals surface area contributed by atoms with Crippen LogP contribution in [0.15, 0.2) is 52.4 Å². The second-order valence-electron chi connectivity index (χ2n) is 5.47. The van der Waals surface area contributed by atoms with Gasteiger partial charge in [-0.1, -0.05) is 41.4 Å². The molecule has 148 valence electrons. The summed E-state index contributed by atoms with van der Waals surface area (Å²) in [7, 11) is -3.69. The van der Waals surface area contributed by atoms with E-state index in [9.17, 15) is 8.42 Å². The summed E-state index contributed by atoms with van der Waals surface area (Å²) in [5.74, 6) is 0.619. The molecule has 6 nitrogen and oxygen atoms in total. The molecule has 10 heteroatoms. The van der Waals surface area contributed by atoms with Crippen molar-refractivity contribution in [3.8, 4) is 0 Å². The third-order valence-electron chi connectivity index (χ3n) is 3.48. The van der Waals surface area contributed by atoms with Crippen LogP contribution in [0.5, 0.6) is 0 Å². The number of guanidine groups is 1. The number of aliphatic imine (C=N–C) groups is 1. The fourth-order valence-electron chi connectivity index (χ4n) is 2.14. The van der Waals surface area contributed by atoms with E-state index in [0.717, 1.165) is 11.1 Å². The van der Waals surface area contributed by atoms with Crippen molar-refractivity contribution in [2.75, 3.05) is 6.54 Å². The highest BCUT2D eigenvalue weighted by atomic mass is 127. The summed E-state index contributed by atoms with van der Waals surface area (Å²) in [6.07, 6.45) is 0. The van der Waals surface area contributed by atoms with Crippen LogP contribution in [0, 0.1) is 0 Å². The Kier molecular flexibility index (Phi) is 9.82. The van der Waals surface area contributed by atoms with Gasteiger partial charge in [-0.15, -0.1) is 24.0 Å². The summed E-state index contributed by atoms with van der Waals surface area (Å²) in [5, 5.41) is 12.6. The molecule has 0 fully saturated rings. The molecule has 0 aliphatic heterocycles. The van der Waals surface area contributed by atoms with Crippen LogP contribution < -0.4 is 15.8 Å². The van der Waals surface area contributed by atoms with Crippen molar-refractivity contribution in [2.45, 2.75) is 24.9 Å². The number of hydrogen-bond acceptors (Lipinski definition) is 3. The number of halogens is 3. The minimum Gasteiger partial charge on any atom is -0.357 e. The predicted octanol–water partition coefficient (Wildman–Crippen LogP) is 3.51. The van der Waals surface area contributed by atoms with Gasteiger partial charge in [0.25, 0.3) is 0 Å². The summed E-state index contributed by atoms with van der Waals surface area (Å²) in [6.45, 7) is 3.54. The van der Waals surface area contributed by atoms with Gasteiger partial charge < -0.3 is 10.6 Å². The third-order valence-corrected chi connectivity index (χ3v) is 4.99. The standard InChI is InChI=1S/C17H20Cl2N4O2S.HI/c1-2-21-17(23-11-13-5-6-14(18)9-16(13)19)22-10-12-3-7-15(8-4-12)26(20,24)25;/h3-9H,2,10-11H2,1H3,(H2,20,24,25)(H2,21,22,23);1H. The first-order valence-corrected chi connectivity index (χ1v) is 10.2. The Bertz CT molecular complexity index is 890. The molecule has 2 aromatic rings. The van der Waals surface area contributed by atoms with Gasteiger partial charge in [0.2, 0.25) is 10.0 Å². The van der Waals surface area contributed by atoms with Gasteiger partial charge in [-0.25, -0.2) is 18.5 Å². The van der Waals surface area contributed by atoms with Crippen molar-refractivity contribution in [3.05, 3.63) is 63.6 Å². The minimum absolute atomic E-state index is 0. The SMILES string of the molecule is CCNC(=NCc1ccc(S(N)(=O)=O)cc1)NCc1ccc(Cl)cc1Cl.I. The molecule has 0 radical (unpaired) electrons. The molecule has 0 unspecified atom stereocenters. The van der Waals surface area contributed by atoms with Gasteiger partial charge in [-0.2, -0.15) is 0 Å². The molecule has 0 amide bonds. The number of rotatable bonds is 6. The Morgan fingerprint density at radius 2 is 1.78 bits per heavy atom. The van der Waals surface area contributed by atoms with E-state index < -0.39 is 10.0 Å². The smallest absolute Gasteiger partial charge is 0.238 e. The lowest BCUT2D eigenvalue weighted by Crippen LogP contribution is -2.36. The monoisotopic (exact) mass is 542 g/mol. The summed E-state index contributed by atoms with van der Waals surface area (Å²) in [6, 6.07) is 11.6. The van der Waals surface area contributed by atoms with Crippen LogP contribution in [0.2, 0.25) is 10.0 Å². The molecule has 0 aliphatic rings. The van der Waals surface area contributed by atoms with Crippen LogP contribution in [-0.4, -0.2) is 20.9 Å². The highest BCUT2D eigenvalue weighted by Gasteiger charge is 2.07. The summed E-state index contributed by atoms with van der Waals surface area (Å²) in [4.78, 5) is 4.56. The number of nitrogens with zero attached hydrogens (tertiary/aromatic N) is 1. The molecular formula is C17H21Cl2IN4O2S. The zero-order chi connectivity index (χ0) is 19.2. The van der Waals surface area contributed by atoms with E-state index in [1.54, 1.807) is 24.3 Å². The van der Waals surface area contributed by atoms with Crippen LogP contribution in [-0.2, 0) is 23.1 Å². The van der Waals surface area contributed by atoms with Crippen molar-refractivity contribution in [2.24, 2.45) is 10.1 Å². The molecule has 27 heavy (non-hydrogen) atoms. The Labute approximate surface area is 186 Å². The quantitative estimate of drug-likeness (QED) is 0.295. The minimum atomic E-state index is -3.69. The van der Waals surface area contributed by atoms with Crippen LogP contribution in [0.1, 0.15) is 18.1 Å². The number of primary sulfonamides is 1. The van der Waals surface area contributed by atoms with E-state index in [1.807, 2.05) is 13.0 Å². The molecule has 4 N–H and O–H groups in total. The first kappa shape index (κ1) is 24.0. The van der Waals surface area contributed by atoms with E-state index in [2.05, 4.69) is 15.6 Å². The summed E-state index contributed by atoms with van der Waals surface area (Å²) in [5.41, 5.74) is 1.76. The second kappa shape index (κ2) is 11.1. The molecule has 0 spiro atoms. The first-order chi connectivity index (χ1) is 12.3. The van der Waals surface area contributed by atoms with Gasteiger partial charge in [-0.3, -0.25) is 0 Å². The van der Waals surface area contributed by atoms with E-state index in [1.165, 1.54) is 12.1 Å². The van der Waals surface area contributed by atoms with Crippen molar-refractivity contribution < 1.29 is 8.42 Å². The van der Waals surface area contributed by atoms with Crippen molar-refractivity contribution >= 4 is 63.2 Å².